The van der Waals surface area contributed by atoms with Gasteiger partial charge in [-0.25, -0.2) is 0 Å². The molecule has 0 saturated carbocycles. The first-order valence-corrected chi connectivity index (χ1v) is 4.27. The molecule has 13 heavy (non-hydrogen) atoms. The Bertz CT molecular complexity index is 182. The first-order valence-electron chi connectivity index (χ1n) is 4.27. The van der Waals surface area contributed by atoms with Gasteiger partial charge in [-0.15, -0.1) is 0 Å². The lowest BCUT2D eigenvalue weighted by atomic mass is 10.1. The van der Waals surface area contributed by atoms with E-state index in [1.54, 1.807) is 6.92 Å². The van der Waals surface area contributed by atoms with Crippen molar-refractivity contribution < 1.29 is 14.7 Å². The van der Waals surface area contributed by atoms with Crippen LogP contribution in [0.3, 0.4) is 0 Å². The second-order valence-electron chi connectivity index (χ2n) is 2.92. The smallest absolute Gasteiger partial charge is 0.306 e. The molecule has 0 aliphatic heterocycles. The van der Waals surface area contributed by atoms with Crippen molar-refractivity contribution >= 4 is 11.9 Å². The van der Waals surface area contributed by atoms with Crippen LogP contribution in [0.2, 0.25) is 0 Å². The van der Waals surface area contributed by atoms with Crippen LogP contribution < -0.4 is 11.1 Å². The summed E-state index contributed by atoms with van der Waals surface area (Å²) in [6, 6.07) is 0. The summed E-state index contributed by atoms with van der Waals surface area (Å²) in [5.41, 5.74) is 5.15. The quantitative estimate of drug-likeness (QED) is 0.527. The number of hydrogen-bond donors (Lipinski definition) is 3. The molecule has 5 nitrogen and oxygen atoms in total. The Labute approximate surface area is 77.3 Å². The molecule has 76 valence electrons. The van der Waals surface area contributed by atoms with Crippen molar-refractivity contribution in [1.29, 1.82) is 0 Å². The van der Waals surface area contributed by atoms with E-state index in [1.165, 1.54) is 0 Å². The van der Waals surface area contributed by atoms with Gasteiger partial charge in [0.1, 0.15) is 0 Å². The predicted molar refractivity (Wildman–Crippen MR) is 48.1 cm³/mol. The molecule has 0 heterocycles. The Morgan fingerprint density at radius 3 is 2.62 bits per heavy atom. The average molecular weight is 188 g/mol. The highest BCUT2D eigenvalue weighted by atomic mass is 16.4. The molecule has 0 aromatic carbocycles. The third-order valence-corrected chi connectivity index (χ3v) is 1.69. The van der Waals surface area contributed by atoms with Gasteiger partial charge < -0.3 is 16.2 Å². The molecule has 0 radical (unpaired) electrons. The minimum Gasteiger partial charge on any atom is -0.481 e. The molecule has 0 spiro atoms. The molecule has 4 N–H and O–H groups in total. The Hall–Kier alpha value is -1.10. The summed E-state index contributed by atoms with van der Waals surface area (Å²) >= 11 is 0. The Morgan fingerprint density at radius 1 is 1.54 bits per heavy atom. The van der Waals surface area contributed by atoms with E-state index in [0.29, 0.717) is 25.9 Å². The second-order valence-corrected chi connectivity index (χ2v) is 2.92. The number of carboxylic acids is 1. The number of carbonyl (C=O) groups excluding carboxylic acids is 1. The molecule has 5 heteroatoms. The summed E-state index contributed by atoms with van der Waals surface area (Å²) in [6.07, 6.45) is 0.743. The van der Waals surface area contributed by atoms with Crippen molar-refractivity contribution in [2.75, 3.05) is 13.1 Å². The number of aliphatic carboxylic acids is 1. The third-order valence-electron chi connectivity index (χ3n) is 1.69. The van der Waals surface area contributed by atoms with Crippen LogP contribution in [0.4, 0.5) is 0 Å². The molecule has 0 aliphatic carbocycles. The Morgan fingerprint density at radius 2 is 2.15 bits per heavy atom. The van der Waals surface area contributed by atoms with Gasteiger partial charge in [0.25, 0.3) is 0 Å². The maximum absolute atomic E-state index is 10.9. The molecule has 1 unspecified atom stereocenters. The zero-order valence-electron chi connectivity index (χ0n) is 7.75. The van der Waals surface area contributed by atoms with Crippen LogP contribution in [0, 0.1) is 5.92 Å². The Balaban J connectivity index is 3.44. The van der Waals surface area contributed by atoms with Crippen LogP contribution in [-0.2, 0) is 9.59 Å². The van der Waals surface area contributed by atoms with Gasteiger partial charge in [0.2, 0.25) is 5.91 Å². The van der Waals surface area contributed by atoms with E-state index in [9.17, 15) is 9.59 Å². The Kier molecular flexibility index (Phi) is 5.88. The van der Waals surface area contributed by atoms with Crippen molar-refractivity contribution in [2.24, 2.45) is 11.7 Å². The van der Waals surface area contributed by atoms with E-state index in [2.05, 4.69) is 5.32 Å². The lowest BCUT2D eigenvalue weighted by molar-refractivity contribution is -0.141. The summed E-state index contributed by atoms with van der Waals surface area (Å²) in [5, 5.41) is 11.1. The van der Waals surface area contributed by atoms with E-state index in [4.69, 9.17) is 10.8 Å². The SMILES string of the molecule is CC(CCNC(=O)CCN)C(=O)O. The van der Waals surface area contributed by atoms with Crippen LogP contribution >= 0.6 is 0 Å². The average Bonchev–Trinajstić information content (AvgIpc) is 2.04. The van der Waals surface area contributed by atoms with E-state index in [1.807, 2.05) is 0 Å². The maximum Gasteiger partial charge on any atom is 0.306 e. The molecular weight excluding hydrogens is 172 g/mol. The zero-order valence-corrected chi connectivity index (χ0v) is 7.75. The summed E-state index contributed by atoms with van der Waals surface area (Å²) in [4.78, 5) is 21.2. The van der Waals surface area contributed by atoms with Gasteiger partial charge in [-0.1, -0.05) is 6.92 Å². The van der Waals surface area contributed by atoms with Crippen LogP contribution in [0.1, 0.15) is 19.8 Å². The van der Waals surface area contributed by atoms with Crippen molar-refractivity contribution in [3.63, 3.8) is 0 Å². The number of rotatable bonds is 6. The fourth-order valence-electron chi connectivity index (χ4n) is 0.771. The van der Waals surface area contributed by atoms with Gasteiger partial charge in [0, 0.05) is 19.5 Å². The van der Waals surface area contributed by atoms with Crippen molar-refractivity contribution in [3.8, 4) is 0 Å². The first kappa shape index (κ1) is 11.9. The topological polar surface area (TPSA) is 92.4 Å². The molecule has 0 rings (SSSR count). The zero-order chi connectivity index (χ0) is 10.3. The van der Waals surface area contributed by atoms with Gasteiger partial charge in [0.05, 0.1) is 5.92 Å². The summed E-state index contributed by atoms with van der Waals surface area (Å²) in [7, 11) is 0. The van der Waals surface area contributed by atoms with Crippen molar-refractivity contribution in [1.82, 2.24) is 5.32 Å². The lowest BCUT2D eigenvalue weighted by Gasteiger charge is -2.06. The number of nitrogens with one attached hydrogen (secondary N) is 1. The molecule has 0 bridgehead atoms. The van der Waals surface area contributed by atoms with Crippen molar-refractivity contribution in [2.45, 2.75) is 19.8 Å². The van der Waals surface area contributed by atoms with E-state index in [0.717, 1.165) is 0 Å². The van der Waals surface area contributed by atoms with E-state index in [-0.39, 0.29) is 5.91 Å². The van der Waals surface area contributed by atoms with E-state index < -0.39 is 11.9 Å². The van der Waals surface area contributed by atoms with Crippen LogP contribution in [0.5, 0.6) is 0 Å². The van der Waals surface area contributed by atoms with Gasteiger partial charge in [-0.3, -0.25) is 9.59 Å². The number of hydrogen-bond acceptors (Lipinski definition) is 3. The van der Waals surface area contributed by atoms with Gasteiger partial charge in [0.15, 0.2) is 0 Å². The van der Waals surface area contributed by atoms with Gasteiger partial charge >= 0.3 is 5.97 Å². The number of nitrogens with two attached hydrogens (primary N) is 1. The highest BCUT2D eigenvalue weighted by Gasteiger charge is 2.10. The first-order chi connectivity index (χ1) is 6.07. The fraction of sp³-hybridized carbons (Fsp3) is 0.750. The standard InChI is InChI=1S/C8H16N2O3/c1-6(8(12)13)3-5-10-7(11)2-4-9/h6H,2-5,9H2,1H3,(H,10,11)(H,12,13). The third kappa shape index (κ3) is 6.10. The minimum atomic E-state index is -0.840. The monoisotopic (exact) mass is 188 g/mol. The lowest BCUT2D eigenvalue weighted by Crippen LogP contribution is -2.28. The maximum atomic E-state index is 10.9. The normalized spacial score (nSPS) is 12.2. The highest BCUT2D eigenvalue weighted by molar-refractivity contribution is 5.76. The summed E-state index contributed by atoms with van der Waals surface area (Å²) in [5.74, 6) is -1.38. The molecule has 0 saturated heterocycles. The summed E-state index contributed by atoms with van der Waals surface area (Å²) in [6.45, 7) is 2.32. The largest absolute Gasteiger partial charge is 0.481 e. The second kappa shape index (κ2) is 6.42. The highest BCUT2D eigenvalue weighted by Crippen LogP contribution is 1.99. The van der Waals surface area contributed by atoms with Crippen LogP contribution in [0.25, 0.3) is 0 Å². The number of amides is 1. The van der Waals surface area contributed by atoms with Crippen LogP contribution in [-0.4, -0.2) is 30.1 Å². The molecular formula is C8H16N2O3. The van der Waals surface area contributed by atoms with Gasteiger partial charge in [-0.05, 0) is 6.42 Å². The van der Waals surface area contributed by atoms with Gasteiger partial charge in [-0.2, -0.15) is 0 Å². The number of carbonyl (C=O) groups is 2. The minimum absolute atomic E-state index is 0.125. The molecule has 0 aromatic heterocycles. The molecule has 1 atom stereocenters. The molecule has 0 aromatic rings. The van der Waals surface area contributed by atoms with Crippen molar-refractivity contribution in [3.05, 3.63) is 0 Å². The van der Waals surface area contributed by atoms with E-state index >= 15 is 0 Å². The molecule has 1 amide bonds. The van der Waals surface area contributed by atoms with Crippen LogP contribution in [0.15, 0.2) is 0 Å². The molecule has 0 fully saturated rings. The fourth-order valence-corrected chi connectivity index (χ4v) is 0.771. The number of carboxylic acid groups (broad SMARTS) is 1. The predicted octanol–water partition coefficient (Wildman–Crippen LogP) is -0.438. The summed E-state index contributed by atoms with van der Waals surface area (Å²) < 4.78 is 0. The molecule has 0 aliphatic rings.